The summed E-state index contributed by atoms with van der Waals surface area (Å²) in [5, 5.41) is 17.2. The molecule has 0 radical (unpaired) electrons. The van der Waals surface area contributed by atoms with E-state index < -0.39 is 0 Å². The first-order valence-corrected chi connectivity index (χ1v) is 12.2. The molecule has 168 valence electrons. The number of hydrogen-bond donors (Lipinski definition) is 1. The van der Waals surface area contributed by atoms with Gasteiger partial charge in [0, 0.05) is 24.0 Å². The standard InChI is InChI=1S/C28H36N4/c1-2-3-4-5-6-7-8-9-10-11-21-30-26-16-18-27(19-17-26)32-22-20-28(31-32)25-14-12-24(23-29)13-15-25/h12-20,22,30H,2-11,21H2,1H3. The SMILES string of the molecule is CCCCCCCCCCCCNc1ccc(-n2ccc(-c3ccc(C#N)cc3)n2)cc1. The van der Waals surface area contributed by atoms with E-state index in [4.69, 9.17) is 5.26 Å². The highest BCUT2D eigenvalue weighted by atomic mass is 15.3. The molecule has 0 saturated heterocycles. The molecule has 0 fully saturated rings. The van der Waals surface area contributed by atoms with Crippen molar-refractivity contribution in [3.63, 3.8) is 0 Å². The number of nitriles is 1. The molecular formula is C28H36N4. The lowest BCUT2D eigenvalue weighted by Crippen LogP contribution is -2.02. The van der Waals surface area contributed by atoms with E-state index in [-0.39, 0.29) is 0 Å². The molecular weight excluding hydrogens is 392 g/mol. The average molecular weight is 429 g/mol. The van der Waals surface area contributed by atoms with Gasteiger partial charge in [0.25, 0.3) is 0 Å². The molecule has 0 bridgehead atoms. The van der Waals surface area contributed by atoms with Gasteiger partial charge in [-0.25, -0.2) is 4.68 Å². The van der Waals surface area contributed by atoms with Crippen LogP contribution >= 0.6 is 0 Å². The van der Waals surface area contributed by atoms with E-state index in [0.29, 0.717) is 5.56 Å². The molecule has 2 aromatic carbocycles. The molecule has 0 aliphatic rings. The minimum absolute atomic E-state index is 0.661. The van der Waals surface area contributed by atoms with Gasteiger partial charge in [0.1, 0.15) is 0 Å². The van der Waals surface area contributed by atoms with E-state index >= 15 is 0 Å². The van der Waals surface area contributed by atoms with Crippen molar-refractivity contribution in [1.29, 1.82) is 5.26 Å². The summed E-state index contributed by atoms with van der Waals surface area (Å²) in [6.45, 7) is 3.30. The van der Waals surface area contributed by atoms with E-state index in [9.17, 15) is 0 Å². The lowest BCUT2D eigenvalue weighted by molar-refractivity contribution is 0.560. The van der Waals surface area contributed by atoms with Crippen molar-refractivity contribution in [2.24, 2.45) is 0 Å². The highest BCUT2D eigenvalue weighted by Crippen LogP contribution is 2.20. The third-order valence-corrected chi connectivity index (χ3v) is 5.89. The van der Waals surface area contributed by atoms with Gasteiger partial charge in [0.15, 0.2) is 0 Å². The van der Waals surface area contributed by atoms with Crippen molar-refractivity contribution >= 4 is 5.69 Å². The molecule has 0 spiro atoms. The smallest absolute Gasteiger partial charge is 0.0991 e. The van der Waals surface area contributed by atoms with Crippen LogP contribution in [0.25, 0.3) is 16.9 Å². The molecule has 0 saturated carbocycles. The van der Waals surface area contributed by atoms with Crippen LogP contribution in [0.2, 0.25) is 0 Å². The molecule has 3 rings (SSSR count). The van der Waals surface area contributed by atoms with Crippen LogP contribution in [0.15, 0.2) is 60.8 Å². The highest BCUT2D eigenvalue weighted by molar-refractivity contribution is 5.60. The molecule has 4 heteroatoms. The van der Waals surface area contributed by atoms with E-state index in [1.807, 2.05) is 41.2 Å². The van der Waals surface area contributed by atoms with Crippen LogP contribution in [0.3, 0.4) is 0 Å². The predicted molar refractivity (Wildman–Crippen MR) is 134 cm³/mol. The van der Waals surface area contributed by atoms with Gasteiger partial charge in [0.2, 0.25) is 0 Å². The molecule has 1 aromatic heterocycles. The van der Waals surface area contributed by atoms with Crippen LogP contribution in [-0.2, 0) is 0 Å². The summed E-state index contributed by atoms with van der Waals surface area (Å²) < 4.78 is 1.89. The fraction of sp³-hybridized carbons (Fsp3) is 0.429. The maximum Gasteiger partial charge on any atom is 0.0991 e. The van der Waals surface area contributed by atoms with E-state index in [0.717, 1.165) is 29.2 Å². The van der Waals surface area contributed by atoms with Gasteiger partial charge in [-0.2, -0.15) is 10.4 Å². The Kier molecular flexibility index (Phi) is 9.86. The fourth-order valence-corrected chi connectivity index (χ4v) is 3.91. The molecule has 0 atom stereocenters. The number of nitrogens with zero attached hydrogens (tertiary/aromatic N) is 3. The number of aromatic nitrogens is 2. The second-order valence-electron chi connectivity index (χ2n) is 8.49. The minimum atomic E-state index is 0.661. The second kappa shape index (κ2) is 13.4. The summed E-state index contributed by atoms with van der Waals surface area (Å²) >= 11 is 0. The Morgan fingerprint density at radius 2 is 1.41 bits per heavy atom. The molecule has 3 aromatic rings. The number of hydrogen-bond acceptors (Lipinski definition) is 3. The average Bonchev–Trinajstić information content (AvgIpc) is 3.33. The Balaban J connectivity index is 1.36. The zero-order chi connectivity index (χ0) is 22.4. The Hall–Kier alpha value is -3.06. The van der Waals surface area contributed by atoms with Crippen LogP contribution in [-0.4, -0.2) is 16.3 Å². The summed E-state index contributed by atoms with van der Waals surface area (Å²) in [7, 11) is 0. The van der Waals surface area contributed by atoms with Gasteiger partial charge in [-0.05, 0) is 48.9 Å². The summed E-state index contributed by atoms with van der Waals surface area (Å²) in [5.74, 6) is 0. The Bertz CT molecular complexity index is 948. The third-order valence-electron chi connectivity index (χ3n) is 5.89. The summed E-state index contributed by atoms with van der Waals surface area (Å²) in [6.07, 6.45) is 15.6. The molecule has 32 heavy (non-hydrogen) atoms. The number of nitrogens with one attached hydrogen (secondary N) is 1. The van der Waals surface area contributed by atoms with Crippen molar-refractivity contribution in [2.75, 3.05) is 11.9 Å². The Morgan fingerprint density at radius 1 is 0.781 bits per heavy atom. The quantitative estimate of drug-likeness (QED) is 0.267. The minimum Gasteiger partial charge on any atom is -0.385 e. The second-order valence-corrected chi connectivity index (χ2v) is 8.49. The summed E-state index contributed by atoms with van der Waals surface area (Å²) in [4.78, 5) is 0. The Morgan fingerprint density at radius 3 is 2.03 bits per heavy atom. The van der Waals surface area contributed by atoms with E-state index in [1.165, 1.54) is 64.2 Å². The third kappa shape index (κ3) is 7.57. The maximum atomic E-state index is 8.94. The monoisotopic (exact) mass is 428 g/mol. The molecule has 1 N–H and O–H groups in total. The predicted octanol–water partition coefficient (Wildman–Crippen LogP) is 7.74. The van der Waals surface area contributed by atoms with Crippen molar-refractivity contribution < 1.29 is 0 Å². The number of benzene rings is 2. The van der Waals surface area contributed by atoms with Gasteiger partial charge in [-0.1, -0.05) is 76.8 Å². The Labute approximate surface area is 193 Å². The normalized spacial score (nSPS) is 10.8. The van der Waals surface area contributed by atoms with Crippen LogP contribution in [0.5, 0.6) is 0 Å². The van der Waals surface area contributed by atoms with Gasteiger partial charge in [0.05, 0.1) is 23.0 Å². The van der Waals surface area contributed by atoms with Gasteiger partial charge in [-0.3, -0.25) is 0 Å². The van der Waals surface area contributed by atoms with Gasteiger partial charge < -0.3 is 5.32 Å². The summed E-state index contributed by atoms with van der Waals surface area (Å²) in [5.41, 5.74) is 4.77. The van der Waals surface area contributed by atoms with E-state index in [1.54, 1.807) is 0 Å². The molecule has 0 amide bonds. The van der Waals surface area contributed by atoms with Gasteiger partial charge in [-0.15, -0.1) is 0 Å². The van der Waals surface area contributed by atoms with Crippen molar-refractivity contribution in [3.05, 3.63) is 66.4 Å². The summed E-state index contributed by atoms with van der Waals surface area (Å²) in [6, 6.07) is 20.1. The first-order valence-electron chi connectivity index (χ1n) is 12.2. The van der Waals surface area contributed by atoms with Crippen LogP contribution in [0.4, 0.5) is 5.69 Å². The zero-order valence-electron chi connectivity index (χ0n) is 19.4. The van der Waals surface area contributed by atoms with Crippen molar-refractivity contribution in [3.8, 4) is 23.0 Å². The number of anilines is 1. The maximum absolute atomic E-state index is 8.94. The molecule has 0 aliphatic carbocycles. The molecule has 0 aliphatic heterocycles. The van der Waals surface area contributed by atoms with Crippen LogP contribution in [0, 0.1) is 11.3 Å². The van der Waals surface area contributed by atoms with E-state index in [2.05, 4.69) is 47.7 Å². The topological polar surface area (TPSA) is 53.6 Å². The molecule has 4 nitrogen and oxygen atoms in total. The van der Waals surface area contributed by atoms with Crippen LogP contribution < -0.4 is 5.32 Å². The van der Waals surface area contributed by atoms with Crippen molar-refractivity contribution in [2.45, 2.75) is 71.1 Å². The number of unbranched alkanes of at least 4 members (excludes halogenated alkanes) is 9. The van der Waals surface area contributed by atoms with Crippen molar-refractivity contribution in [1.82, 2.24) is 9.78 Å². The fourth-order valence-electron chi connectivity index (χ4n) is 3.91. The molecule has 1 heterocycles. The van der Waals surface area contributed by atoms with Crippen LogP contribution in [0.1, 0.15) is 76.7 Å². The largest absolute Gasteiger partial charge is 0.385 e. The first-order chi connectivity index (χ1) is 15.8. The van der Waals surface area contributed by atoms with Gasteiger partial charge >= 0.3 is 0 Å². The lowest BCUT2D eigenvalue weighted by atomic mass is 10.1. The first kappa shape index (κ1) is 23.6. The zero-order valence-corrected chi connectivity index (χ0v) is 19.4. The number of rotatable bonds is 14. The lowest BCUT2D eigenvalue weighted by Gasteiger charge is -2.08. The molecule has 0 unspecified atom stereocenters. The highest BCUT2D eigenvalue weighted by Gasteiger charge is 2.04.